The van der Waals surface area contributed by atoms with Crippen LogP contribution >= 0.6 is 0 Å². The van der Waals surface area contributed by atoms with Crippen molar-refractivity contribution in [2.75, 3.05) is 19.4 Å². The van der Waals surface area contributed by atoms with Crippen molar-refractivity contribution < 1.29 is 9.21 Å². The smallest absolute Gasteiger partial charge is 0.255 e. The third-order valence-corrected chi connectivity index (χ3v) is 6.02. The Morgan fingerprint density at radius 2 is 1.86 bits per heavy atom. The lowest BCUT2D eigenvalue weighted by Gasteiger charge is -2.27. The number of likely N-dealkylation sites (N-methyl/N-ethyl adjacent to an activating group) is 1. The summed E-state index contributed by atoms with van der Waals surface area (Å²) < 4.78 is 6.08. The Balaban J connectivity index is 1.44. The normalized spacial score (nSPS) is 16.3. The van der Waals surface area contributed by atoms with Gasteiger partial charge >= 0.3 is 0 Å². The summed E-state index contributed by atoms with van der Waals surface area (Å²) in [5.41, 5.74) is 3.64. The highest BCUT2D eigenvalue weighted by molar-refractivity contribution is 6.07. The van der Waals surface area contributed by atoms with Gasteiger partial charge in [-0.15, -0.1) is 0 Å². The molecule has 1 aliphatic carbocycles. The molecule has 0 bridgehead atoms. The van der Waals surface area contributed by atoms with Gasteiger partial charge in [-0.25, -0.2) is 0 Å². The third-order valence-electron chi connectivity index (χ3n) is 6.02. The van der Waals surface area contributed by atoms with Crippen LogP contribution in [0.1, 0.15) is 28.1 Å². The van der Waals surface area contributed by atoms with E-state index in [1.54, 1.807) is 0 Å². The average molecular weight is 384 g/mol. The highest BCUT2D eigenvalue weighted by atomic mass is 16.3. The van der Waals surface area contributed by atoms with E-state index < -0.39 is 0 Å². The van der Waals surface area contributed by atoms with Crippen molar-refractivity contribution in [1.29, 1.82) is 0 Å². The summed E-state index contributed by atoms with van der Waals surface area (Å²) in [6, 6.07) is 20.3. The molecule has 29 heavy (non-hydrogen) atoms. The molecule has 0 saturated carbocycles. The van der Waals surface area contributed by atoms with Gasteiger partial charge in [0.25, 0.3) is 5.91 Å². The summed E-state index contributed by atoms with van der Waals surface area (Å²) in [7, 11) is 4.26. The van der Waals surface area contributed by atoms with Gasteiger partial charge in [0, 0.05) is 34.7 Å². The van der Waals surface area contributed by atoms with Crippen LogP contribution in [0.2, 0.25) is 0 Å². The Morgan fingerprint density at radius 3 is 2.69 bits per heavy atom. The van der Waals surface area contributed by atoms with Gasteiger partial charge in [0.1, 0.15) is 11.3 Å². The Labute approximate surface area is 170 Å². The zero-order valence-electron chi connectivity index (χ0n) is 16.7. The number of furan rings is 1. The van der Waals surface area contributed by atoms with Gasteiger partial charge in [-0.1, -0.05) is 30.3 Å². The van der Waals surface area contributed by atoms with Gasteiger partial charge in [-0.05, 0) is 68.0 Å². The van der Waals surface area contributed by atoms with Crippen molar-refractivity contribution >= 4 is 33.3 Å². The van der Waals surface area contributed by atoms with Crippen LogP contribution in [-0.2, 0) is 12.8 Å². The molecule has 4 heteroatoms. The van der Waals surface area contributed by atoms with E-state index in [4.69, 9.17) is 4.42 Å². The molecule has 0 fully saturated rings. The summed E-state index contributed by atoms with van der Waals surface area (Å²) in [5, 5.41) is 6.36. The molecule has 0 spiro atoms. The van der Waals surface area contributed by atoms with Gasteiger partial charge in [-0.3, -0.25) is 4.79 Å². The van der Waals surface area contributed by atoms with E-state index in [1.807, 2.05) is 54.6 Å². The van der Waals surface area contributed by atoms with Gasteiger partial charge < -0.3 is 14.6 Å². The number of hydrogen-bond acceptors (Lipinski definition) is 3. The quantitative estimate of drug-likeness (QED) is 0.524. The first-order valence-electron chi connectivity index (χ1n) is 10.1. The fraction of sp³-hybridized carbons (Fsp3) is 0.240. The van der Waals surface area contributed by atoms with Crippen molar-refractivity contribution in [3.8, 4) is 0 Å². The number of carbonyl (C=O) groups is 1. The standard InChI is InChI=1S/C25H24N2O2/c1-27(2)20-10-12-24-22(15-20)21-14-19(9-11-23(21)29-24)26-25(28)18-8-7-16-5-3-4-6-17(16)13-18/h3-9,11,13-14,20H,10,12,15H2,1-2H3,(H,26,28). The third kappa shape index (κ3) is 3.30. The molecule has 5 rings (SSSR count). The maximum atomic E-state index is 12.8. The molecular formula is C25H24N2O2. The number of nitrogens with zero attached hydrogens (tertiary/aromatic N) is 1. The van der Waals surface area contributed by atoms with E-state index in [-0.39, 0.29) is 5.91 Å². The fourth-order valence-corrected chi connectivity index (χ4v) is 4.31. The van der Waals surface area contributed by atoms with Crippen molar-refractivity contribution in [2.45, 2.75) is 25.3 Å². The lowest BCUT2D eigenvalue weighted by molar-refractivity contribution is 0.102. The van der Waals surface area contributed by atoms with Crippen LogP contribution in [0, 0.1) is 0 Å². The van der Waals surface area contributed by atoms with Crippen LogP contribution in [-0.4, -0.2) is 30.9 Å². The van der Waals surface area contributed by atoms with E-state index in [1.165, 1.54) is 5.56 Å². The zero-order chi connectivity index (χ0) is 20.0. The number of rotatable bonds is 3. The molecular weight excluding hydrogens is 360 g/mol. The SMILES string of the molecule is CN(C)C1CCc2oc3ccc(NC(=O)c4ccc5ccccc5c4)cc3c2C1. The monoisotopic (exact) mass is 384 g/mol. The Morgan fingerprint density at radius 1 is 1.03 bits per heavy atom. The maximum absolute atomic E-state index is 12.8. The van der Waals surface area contributed by atoms with E-state index in [0.29, 0.717) is 11.6 Å². The minimum absolute atomic E-state index is 0.0985. The second kappa shape index (κ2) is 7.05. The summed E-state index contributed by atoms with van der Waals surface area (Å²) in [6.07, 6.45) is 3.06. The average Bonchev–Trinajstić information content (AvgIpc) is 3.10. The van der Waals surface area contributed by atoms with Crippen molar-refractivity contribution in [2.24, 2.45) is 0 Å². The van der Waals surface area contributed by atoms with Crippen LogP contribution in [0.4, 0.5) is 5.69 Å². The Hall–Kier alpha value is -3.11. The topological polar surface area (TPSA) is 45.5 Å². The Kier molecular flexibility index (Phi) is 4.36. The minimum atomic E-state index is -0.0985. The molecule has 1 amide bonds. The van der Waals surface area contributed by atoms with Gasteiger partial charge in [0.05, 0.1) is 0 Å². The first kappa shape index (κ1) is 18.0. The molecule has 4 aromatic rings. The second-order valence-electron chi connectivity index (χ2n) is 8.09. The van der Waals surface area contributed by atoms with Gasteiger partial charge in [0.2, 0.25) is 0 Å². The van der Waals surface area contributed by atoms with Crippen LogP contribution in [0.15, 0.2) is 65.1 Å². The highest BCUT2D eigenvalue weighted by Crippen LogP contribution is 2.34. The van der Waals surface area contributed by atoms with E-state index in [2.05, 4.69) is 30.4 Å². The first-order valence-corrected chi connectivity index (χ1v) is 10.1. The predicted molar refractivity (Wildman–Crippen MR) is 118 cm³/mol. The van der Waals surface area contributed by atoms with Crippen molar-refractivity contribution in [3.05, 3.63) is 77.6 Å². The summed E-state index contributed by atoms with van der Waals surface area (Å²) in [6.45, 7) is 0. The van der Waals surface area contributed by atoms with E-state index >= 15 is 0 Å². The molecule has 1 aliphatic rings. The molecule has 4 nitrogen and oxygen atoms in total. The molecule has 1 heterocycles. The van der Waals surface area contributed by atoms with E-state index in [9.17, 15) is 4.79 Å². The number of anilines is 1. The number of benzene rings is 3. The second-order valence-corrected chi connectivity index (χ2v) is 8.09. The molecule has 0 aliphatic heterocycles. The van der Waals surface area contributed by atoms with Gasteiger partial charge in [0.15, 0.2) is 0 Å². The van der Waals surface area contributed by atoms with Crippen LogP contribution in [0.25, 0.3) is 21.7 Å². The van der Waals surface area contributed by atoms with Crippen molar-refractivity contribution in [1.82, 2.24) is 4.90 Å². The lowest BCUT2D eigenvalue weighted by Crippen LogP contribution is -2.33. The maximum Gasteiger partial charge on any atom is 0.255 e. The zero-order valence-corrected chi connectivity index (χ0v) is 16.7. The molecule has 0 saturated heterocycles. The lowest BCUT2D eigenvalue weighted by atomic mass is 9.91. The summed E-state index contributed by atoms with van der Waals surface area (Å²) in [4.78, 5) is 15.1. The molecule has 146 valence electrons. The van der Waals surface area contributed by atoms with Crippen LogP contribution < -0.4 is 5.32 Å². The number of carbonyl (C=O) groups excluding carboxylic acids is 1. The fourth-order valence-electron chi connectivity index (χ4n) is 4.31. The number of aryl methyl sites for hydroxylation is 1. The Bertz CT molecular complexity index is 1220. The molecule has 1 atom stereocenters. The van der Waals surface area contributed by atoms with Crippen molar-refractivity contribution in [3.63, 3.8) is 0 Å². The molecule has 3 aromatic carbocycles. The largest absolute Gasteiger partial charge is 0.461 e. The summed E-state index contributed by atoms with van der Waals surface area (Å²) >= 11 is 0. The summed E-state index contributed by atoms with van der Waals surface area (Å²) in [5.74, 6) is 0.995. The minimum Gasteiger partial charge on any atom is -0.461 e. The molecule has 1 unspecified atom stereocenters. The van der Waals surface area contributed by atoms with E-state index in [0.717, 1.165) is 52.5 Å². The first-order chi connectivity index (χ1) is 14.1. The predicted octanol–water partition coefficient (Wildman–Crippen LogP) is 5.26. The van der Waals surface area contributed by atoms with Gasteiger partial charge in [-0.2, -0.15) is 0 Å². The number of amides is 1. The van der Waals surface area contributed by atoms with Crippen LogP contribution in [0.5, 0.6) is 0 Å². The number of fused-ring (bicyclic) bond motifs is 4. The highest BCUT2D eigenvalue weighted by Gasteiger charge is 2.25. The molecule has 1 N–H and O–H groups in total. The number of nitrogens with one attached hydrogen (secondary N) is 1. The number of hydrogen-bond donors (Lipinski definition) is 1. The molecule has 0 radical (unpaired) electrons. The van der Waals surface area contributed by atoms with Crippen LogP contribution in [0.3, 0.4) is 0 Å². The molecule has 1 aromatic heterocycles.